The number of nitrogens with zero attached hydrogens (tertiary/aromatic N) is 1. The maximum Gasteiger partial charge on any atom is 0.336 e. The fourth-order valence-corrected chi connectivity index (χ4v) is 3.43. The van der Waals surface area contributed by atoms with E-state index < -0.39 is 23.7 Å². The number of hydrogen-bond acceptors (Lipinski definition) is 6. The Morgan fingerprint density at radius 2 is 1.70 bits per heavy atom. The second-order valence-electron chi connectivity index (χ2n) is 6.47. The molecule has 0 unspecified atom stereocenters. The SMILES string of the molecule is COC(=O)C1=CN(C[C@H]2CCCO2)C=C(C(=O)OC)C1c1ccc(F)cc1. The molecule has 1 fully saturated rings. The molecule has 1 saturated heterocycles. The average molecular weight is 375 g/mol. The van der Waals surface area contributed by atoms with Gasteiger partial charge in [-0.2, -0.15) is 0 Å². The van der Waals surface area contributed by atoms with Gasteiger partial charge in [-0.3, -0.25) is 0 Å². The summed E-state index contributed by atoms with van der Waals surface area (Å²) in [6.45, 7) is 1.22. The topological polar surface area (TPSA) is 65.1 Å². The smallest absolute Gasteiger partial charge is 0.336 e. The quantitative estimate of drug-likeness (QED) is 0.737. The van der Waals surface area contributed by atoms with E-state index in [4.69, 9.17) is 14.2 Å². The predicted molar refractivity (Wildman–Crippen MR) is 95.0 cm³/mol. The molecule has 144 valence electrons. The zero-order valence-electron chi connectivity index (χ0n) is 15.3. The predicted octanol–water partition coefficient (Wildman–Crippen LogP) is 2.52. The van der Waals surface area contributed by atoms with Crippen molar-refractivity contribution in [1.82, 2.24) is 4.90 Å². The van der Waals surface area contributed by atoms with Crippen LogP contribution in [0.1, 0.15) is 24.3 Å². The molecule has 0 saturated carbocycles. The highest BCUT2D eigenvalue weighted by atomic mass is 19.1. The standard InChI is InChI=1S/C20H22FNO5/c1-25-19(23)16-11-22(10-15-4-3-9-27-15)12-17(20(24)26-2)18(16)13-5-7-14(21)8-6-13/h5-8,11-12,15,18H,3-4,9-10H2,1-2H3/t15-/m1/s1. The molecule has 0 bridgehead atoms. The Bertz CT molecular complexity index is 731. The Kier molecular flexibility index (Phi) is 5.91. The van der Waals surface area contributed by atoms with Crippen molar-refractivity contribution in [1.29, 1.82) is 0 Å². The van der Waals surface area contributed by atoms with Crippen LogP contribution in [0.5, 0.6) is 0 Å². The van der Waals surface area contributed by atoms with E-state index in [1.54, 1.807) is 29.4 Å². The van der Waals surface area contributed by atoms with E-state index >= 15 is 0 Å². The molecule has 6 nitrogen and oxygen atoms in total. The maximum absolute atomic E-state index is 13.4. The van der Waals surface area contributed by atoms with E-state index in [2.05, 4.69) is 0 Å². The zero-order chi connectivity index (χ0) is 19.4. The van der Waals surface area contributed by atoms with Gasteiger partial charge in [0.1, 0.15) is 5.82 Å². The minimum absolute atomic E-state index is 0.0256. The van der Waals surface area contributed by atoms with Gasteiger partial charge in [0, 0.05) is 25.6 Å². The van der Waals surface area contributed by atoms with Crippen LogP contribution in [0, 0.1) is 5.82 Å². The maximum atomic E-state index is 13.4. The summed E-state index contributed by atoms with van der Waals surface area (Å²) >= 11 is 0. The molecule has 2 aliphatic heterocycles. The molecule has 3 rings (SSSR count). The Morgan fingerprint density at radius 1 is 1.11 bits per heavy atom. The third-order valence-electron chi connectivity index (χ3n) is 4.72. The van der Waals surface area contributed by atoms with Crippen LogP contribution in [0.2, 0.25) is 0 Å². The molecule has 2 aliphatic rings. The third-order valence-corrected chi connectivity index (χ3v) is 4.72. The van der Waals surface area contributed by atoms with E-state index in [9.17, 15) is 14.0 Å². The Labute approximate surface area is 157 Å². The molecule has 1 atom stereocenters. The monoisotopic (exact) mass is 375 g/mol. The Morgan fingerprint density at radius 3 is 2.19 bits per heavy atom. The summed E-state index contributed by atoms with van der Waals surface area (Å²) in [4.78, 5) is 26.7. The number of halogens is 1. The molecule has 0 N–H and O–H groups in total. The van der Waals surface area contributed by atoms with Crippen molar-refractivity contribution < 1.29 is 28.2 Å². The molecule has 0 amide bonds. The summed E-state index contributed by atoms with van der Waals surface area (Å²) in [5.41, 5.74) is 1.16. The van der Waals surface area contributed by atoms with Gasteiger partial charge in [-0.05, 0) is 30.5 Å². The molecule has 2 heterocycles. The highest BCUT2D eigenvalue weighted by Crippen LogP contribution is 2.37. The van der Waals surface area contributed by atoms with Gasteiger partial charge in [0.25, 0.3) is 0 Å². The summed E-state index contributed by atoms with van der Waals surface area (Å²) in [5.74, 6) is -2.22. The lowest BCUT2D eigenvalue weighted by molar-refractivity contribution is -0.137. The van der Waals surface area contributed by atoms with Gasteiger partial charge in [-0.15, -0.1) is 0 Å². The number of hydrogen-bond donors (Lipinski definition) is 0. The molecular weight excluding hydrogens is 353 g/mol. The third kappa shape index (κ3) is 4.19. The van der Waals surface area contributed by atoms with E-state index in [1.807, 2.05) is 0 Å². The lowest BCUT2D eigenvalue weighted by atomic mass is 9.83. The lowest BCUT2D eigenvalue weighted by Gasteiger charge is -2.31. The number of carbonyl (C=O) groups is 2. The molecule has 0 aromatic heterocycles. The van der Waals surface area contributed by atoms with Crippen LogP contribution in [0.4, 0.5) is 4.39 Å². The van der Waals surface area contributed by atoms with Gasteiger partial charge in [-0.25, -0.2) is 14.0 Å². The minimum Gasteiger partial charge on any atom is -0.466 e. The van der Waals surface area contributed by atoms with Crippen LogP contribution >= 0.6 is 0 Å². The van der Waals surface area contributed by atoms with Gasteiger partial charge in [0.05, 0.1) is 37.4 Å². The van der Waals surface area contributed by atoms with Crippen molar-refractivity contribution in [3.63, 3.8) is 0 Å². The summed E-state index contributed by atoms with van der Waals surface area (Å²) in [6.07, 6.45) is 5.25. The second-order valence-corrected chi connectivity index (χ2v) is 6.47. The Hall–Kier alpha value is -2.67. The fraction of sp³-hybridized carbons (Fsp3) is 0.400. The summed E-state index contributed by atoms with van der Waals surface area (Å²) in [7, 11) is 2.57. The first-order valence-corrected chi connectivity index (χ1v) is 8.76. The number of methoxy groups -OCH3 is 2. The first-order chi connectivity index (χ1) is 13.0. The van der Waals surface area contributed by atoms with Gasteiger partial charge >= 0.3 is 11.9 Å². The average Bonchev–Trinajstić information content (AvgIpc) is 3.20. The van der Waals surface area contributed by atoms with Crippen LogP contribution in [0.25, 0.3) is 0 Å². The number of rotatable bonds is 5. The van der Waals surface area contributed by atoms with E-state index in [1.165, 1.54) is 26.4 Å². The molecule has 1 aromatic rings. The summed E-state index contributed by atoms with van der Waals surface area (Å²) in [6, 6.07) is 5.67. The molecule has 0 spiro atoms. The zero-order valence-corrected chi connectivity index (χ0v) is 15.3. The number of benzene rings is 1. The van der Waals surface area contributed by atoms with Crippen LogP contribution in [-0.2, 0) is 23.8 Å². The van der Waals surface area contributed by atoms with Gasteiger partial charge in [0.2, 0.25) is 0 Å². The highest BCUT2D eigenvalue weighted by molar-refractivity contribution is 5.98. The van der Waals surface area contributed by atoms with Gasteiger partial charge in [-0.1, -0.05) is 12.1 Å². The van der Waals surface area contributed by atoms with E-state index in [0.29, 0.717) is 18.7 Å². The van der Waals surface area contributed by atoms with E-state index in [-0.39, 0.29) is 17.3 Å². The second kappa shape index (κ2) is 8.35. The number of esters is 2. The molecule has 0 radical (unpaired) electrons. The van der Waals surface area contributed by atoms with Crippen molar-refractivity contribution in [2.24, 2.45) is 0 Å². The summed E-state index contributed by atoms with van der Waals surface area (Å²) < 4.78 is 28.9. The largest absolute Gasteiger partial charge is 0.466 e. The van der Waals surface area contributed by atoms with Crippen LogP contribution in [-0.4, -0.2) is 50.3 Å². The lowest BCUT2D eigenvalue weighted by Crippen LogP contribution is -2.32. The van der Waals surface area contributed by atoms with Crippen molar-refractivity contribution in [3.05, 3.63) is 59.2 Å². The van der Waals surface area contributed by atoms with Crippen molar-refractivity contribution in [3.8, 4) is 0 Å². The van der Waals surface area contributed by atoms with Gasteiger partial charge in [0.15, 0.2) is 0 Å². The van der Waals surface area contributed by atoms with Crippen molar-refractivity contribution >= 4 is 11.9 Å². The molecular formula is C20H22FNO5. The van der Waals surface area contributed by atoms with Crippen LogP contribution in [0.3, 0.4) is 0 Å². The summed E-state index contributed by atoms with van der Waals surface area (Å²) in [5, 5.41) is 0. The van der Waals surface area contributed by atoms with Gasteiger partial charge < -0.3 is 19.1 Å². The first kappa shape index (κ1) is 19.1. The molecule has 0 aliphatic carbocycles. The van der Waals surface area contributed by atoms with E-state index in [0.717, 1.165) is 12.8 Å². The van der Waals surface area contributed by atoms with Crippen LogP contribution < -0.4 is 0 Å². The number of carbonyl (C=O) groups excluding carboxylic acids is 2. The molecule has 27 heavy (non-hydrogen) atoms. The fourth-order valence-electron chi connectivity index (χ4n) is 3.43. The Balaban J connectivity index is 2.01. The van der Waals surface area contributed by atoms with Crippen molar-refractivity contribution in [2.75, 3.05) is 27.4 Å². The minimum atomic E-state index is -0.703. The first-order valence-electron chi connectivity index (χ1n) is 8.76. The van der Waals surface area contributed by atoms with Crippen LogP contribution in [0.15, 0.2) is 47.8 Å². The molecule has 1 aromatic carbocycles. The molecule has 7 heteroatoms. The van der Waals surface area contributed by atoms with Crippen molar-refractivity contribution in [2.45, 2.75) is 24.9 Å². The normalized spacial score (nSPS) is 20.1. The highest BCUT2D eigenvalue weighted by Gasteiger charge is 2.35. The number of ether oxygens (including phenoxy) is 3.